The number of fused-ring (bicyclic) bond motifs is 1. The highest BCUT2D eigenvalue weighted by Gasteiger charge is 2.21. The van der Waals surface area contributed by atoms with E-state index in [2.05, 4.69) is 9.98 Å². The van der Waals surface area contributed by atoms with Gasteiger partial charge in [0.05, 0.1) is 27.6 Å². The number of aliphatic carboxylic acids is 1. The first-order valence-electron chi connectivity index (χ1n) is 8.46. The van der Waals surface area contributed by atoms with Crippen molar-refractivity contribution in [2.45, 2.75) is 12.5 Å². The molecule has 3 aromatic rings. The second-order valence-electron chi connectivity index (χ2n) is 6.17. The van der Waals surface area contributed by atoms with Gasteiger partial charge in [0.1, 0.15) is 0 Å². The van der Waals surface area contributed by atoms with Crippen LogP contribution in [-0.2, 0) is 11.2 Å². The molecule has 0 unspecified atom stereocenters. The van der Waals surface area contributed by atoms with E-state index in [1.807, 2.05) is 54.6 Å². The van der Waals surface area contributed by atoms with Crippen LogP contribution in [0.2, 0.25) is 0 Å². The lowest BCUT2D eigenvalue weighted by Gasteiger charge is -2.20. The number of aromatic nitrogens is 1. The van der Waals surface area contributed by atoms with Crippen LogP contribution in [0.5, 0.6) is 5.88 Å². The molecular formula is C20H14N3O3S2-. The van der Waals surface area contributed by atoms with E-state index in [1.165, 1.54) is 4.57 Å². The molecule has 0 fully saturated rings. The second kappa shape index (κ2) is 7.49. The van der Waals surface area contributed by atoms with Gasteiger partial charge in [-0.1, -0.05) is 42.5 Å². The Bertz CT molecular complexity index is 1220. The maximum atomic E-state index is 11.8. The van der Waals surface area contributed by atoms with E-state index >= 15 is 0 Å². The van der Waals surface area contributed by atoms with E-state index in [0.717, 1.165) is 27.6 Å². The van der Waals surface area contributed by atoms with Crippen LogP contribution in [-0.4, -0.2) is 15.6 Å². The average molecular weight is 408 g/mol. The Hall–Kier alpha value is -3.10. The fraction of sp³-hybridized carbons (Fsp3) is 0.100. The molecule has 28 heavy (non-hydrogen) atoms. The summed E-state index contributed by atoms with van der Waals surface area (Å²) in [6.07, 6.45) is 1.75. The number of nitrogens with zero attached hydrogens (tertiary/aromatic N) is 3. The van der Waals surface area contributed by atoms with Crippen LogP contribution >= 0.6 is 23.6 Å². The number of aromatic hydroxyl groups is 1. The zero-order chi connectivity index (χ0) is 19.7. The summed E-state index contributed by atoms with van der Waals surface area (Å²) in [7, 11) is 0. The molecule has 0 amide bonds. The van der Waals surface area contributed by atoms with Gasteiger partial charge in [-0.2, -0.15) is 0 Å². The predicted molar refractivity (Wildman–Crippen MR) is 106 cm³/mol. The monoisotopic (exact) mass is 408 g/mol. The molecule has 2 heterocycles. The Morgan fingerprint density at radius 1 is 1.14 bits per heavy atom. The lowest BCUT2D eigenvalue weighted by Crippen LogP contribution is -2.34. The Balaban J connectivity index is 1.73. The Morgan fingerprint density at radius 3 is 2.36 bits per heavy atom. The SMILES string of the molecule is O=C([O-])[C@@H](Cc1ccccc1)n1c(O)c(C=C2N=c3ccccc3=N2)sc1=S. The van der Waals surface area contributed by atoms with Gasteiger partial charge >= 0.3 is 0 Å². The summed E-state index contributed by atoms with van der Waals surface area (Å²) >= 11 is 6.43. The first-order valence-corrected chi connectivity index (χ1v) is 9.68. The number of hydrogen-bond donors (Lipinski definition) is 1. The van der Waals surface area contributed by atoms with Crippen molar-refractivity contribution in [3.05, 3.63) is 85.5 Å². The van der Waals surface area contributed by atoms with Gasteiger partial charge in [-0.05, 0) is 36.3 Å². The number of hydrogen-bond acceptors (Lipinski definition) is 7. The van der Waals surface area contributed by atoms with Crippen molar-refractivity contribution in [3.63, 3.8) is 0 Å². The number of para-hydroxylation sites is 2. The zero-order valence-corrected chi connectivity index (χ0v) is 16.1. The summed E-state index contributed by atoms with van der Waals surface area (Å²) in [4.78, 5) is 21.0. The molecular weight excluding hydrogens is 394 g/mol. The van der Waals surface area contributed by atoms with E-state index in [1.54, 1.807) is 6.08 Å². The van der Waals surface area contributed by atoms with Gasteiger partial charge in [-0.25, -0.2) is 9.98 Å². The van der Waals surface area contributed by atoms with Crippen LogP contribution in [0.3, 0.4) is 0 Å². The molecule has 140 valence electrons. The van der Waals surface area contributed by atoms with Crippen LogP contribution < -0.4 is 15.8 Å². The molecule has 1 aliphatic rings. The van der Waals surface area contributed by atoms with E-state index in [-0.39, 0.29) is 16.3 Å². The van der Waals surface area contributed by atoms with Crippen molar-refractivity contribution in [3.8, 4) is 5.88 Å². The van der Waals surface area contributed by atoms with Crippen molar-refractivity contribution >= 4 is 35.6 Å². The maximum Gasteiger partial charge on any atom is 0.211 e. The topological polar surface area (TPSA) is 90.0 Å². The van der Waals surface area contributed by atoms with Crippen molar-refractivity contribution in [1.82, 2.24) is 4.57 Å². The molecule has 0 spiro atoms. The van der Waals surface area contributed by atoms with Gasteiger partial charge in [-0.3, -0.25) is 4.57 Å². The largest absolute Gasteiger partial charge is 0.548 e. The van der Waals surface area contributed by atoms with E-state index in [9.17, 15) is 15.0 Å². The lowest BCUT2D eigenvalue weighted by molar-refractivity contribution is -0.310. The van der Waals surface area contributed by atoms with Gasteiger partial charge in [0, 0.05) is 6.08 Å². The van der Waals surface area contributed by atoms with Gasteiger partial charge in [-0.15, -0.1) is 11.3 Å². The minimum Gasteiger partial charge on any atom is -0.548 e. The quantitative estimate of drug-likeness (QED) is 0.652. The van der Waals surface area contributed by atoms with Gasteiger partial charge in [0.25, 0.3) is 0 Å². The highest BCUT2D eigenvalue weighted by Crippen LogP contribution is 2.33. The van der Waals surface area contributed by atoms with Gasteiger partial charge in [0.2, 0.25) is 5.88 Å². The second-order valence-corrected chi connectivity index (χ2v) is 7.84. The highest BCUT2D eigenvalue weighted by atomic mass is 32.1. The fourth-order valence-electron chi connectivity index (χ4n) is 2.99. The molecule has 0 aliphatic carbocycles. The molecule has 1 aliphatic heterocycles. The summed E-state index contributed by atoms with van der Waals surface area (Å²) < 4.78 is 1.46. The third-order valence-corrected chi connectivity index (χ3v) is 5.65. The molecule has 1 atom stereocenters. The average Bonchev–Trinajstić information content (AvgIpc) is 3.21. The normalized spacial score (nSPS) is 13.4. The smallest absolute Gasteiger partial charge is 0.211 e. The van der Waals surface area contributed by atoms with Crippen molar-refractivity contribution in [2.75, 3.05) is 0 Å². The molecule has 2 aromatic carbocycles. The third kappa shape index (κ3) is 3.51. The Kier molecular flexibility index (Phi) is 4.89. The van der Waals surface area contributed by atoms with Crippen molar-refractivity contribution in [1.29, 1.82) is 0 Å². The molecule has 0 radical (unpaired) electrons. The molecule has 0 bridgehead atoms. The molecule has 0 saturated heterocycles. The van der Waals surface area contributed by atoms with Crippen molar-refractivity contribution < 1.29 is 15.0 Å². The molecule has 1 aromatic heterocycles. The zero-order valence-electron chi connectivity index (χ0n) is 14.5. The van der Waals surface area contributed by atoms with E-state index in [4.69, 9.17) is 12.2 Å². The van der Waals surface area contributed by atoms with Crippen LogP contribution in [0.1, 0.15) is 16.5 Å². The molecule has 1 N–H and O–H groups in total. The summed E-state index contributed by atoms with van der Waals surface area (Å²) in [5.74, 6) is -1.11. The molecule has 8 heteroatoms. The number of carboxylic acid groups (broad SMARTS) is 1. The van der Waals surface area contributed by atoms with Crippen LogP contribution in [0.4, 0.5) is 0 Å². The summed E-state index contributed by atoms with van der Waals surface area (Å²) in [6, 6.07) is 15.4. The minimum absolute atomic E-state index is 0.151. The van der Waals surface area contributed by atoms with Gasteiger partial charge < -0.3 is 15.0 Å². The number of thiazole rings is 1. The predicted octanol–water partition coefficient (Wildman–Crippen LogP) is 1.77. The number of carbonyl (C=O) groups is 1. The van der Waals surface area contributed by atoms with Crippen LogP contribution in [0.15, 0.2) is 70.4 Å². The molecule has 6 nitrogen and oxygen atoms in total. The first-order chi connectivity index (χ1) is 13.5. The lowest BCUT2D eigenvalue weighted by atomic mass is 10.1. The van der Waals surface area contributed by atoms with E-state index in [0.29, 0.717) is 10.7 Å². The third-order valence-electron chi connectivity index (χ3n) is 4.31. The molecule has 4 rings (SSSR count). The van der Waals surface area contributed by atoms with Crippen LogP contribution in [0, 0.1) is 3.95 Å². The summed E-state index contributed by atoms with van der Waals surface area (Å²) in [5.41, 5.74) is 0.806. The van der Waals surface area contributed by atoms with Crippen molar-refractivity contribution in [2.24, 2.45) is 9.98 Å². The van der Waals surface area contributed by atoms with Crippen LogP contribution in [0.25, 0.3) is 6.08 Å². The number of carboxylic acids is 1. The summed E-state index contributed by atoms with van der Waals surface area (Å²) in [6.45, 7) is 0. The fourth-order valence-corrected chi connectivity index (χ4v) is 4.32. The first kappa shape index (κ1) is 18.3. The Labute approximate surface area is 169 Å². The summed E-state index contributed by atoms with van der Waals surface area (Å²) in [5, 5.41) is 23.9. The van der Waals surface area contributed by atoms with Gasteiger partial charge in [0.15, 0.2) is 9.78 Å². The molecule has 0 saturated carbocycles. The standard InChI is InChI=1S/C20H15N3O3S2/c24-18-16(11-17-21-13-8-4-5-9-14(13)22-17)28-20(27)23(18)15(19(25)26)10-12-6-2-1-3-7-12/h1-9,11,15,24H,10H2,(H,25,26)/p-1/t15-/m1/s1. The number of carbonyl (C=O) groups excluding carboxylic acids is 1. The minimum atomic E-state index is -1.31. The maximum absolute atomic E-state index is 11.8. The van der Waals surface area contributed by atoms with E-state index < -0.39 is 12.0 Å². The Morgan fingerprint density at radius 2 is 1.75 bits per heavy atom. The number of benzene rings is 2. The highest BCUT2D eigenvalue weighted by molar-refractivity contribution is 7.73. The number of rotatable bonds is 5.